The van der Waals surface area contributed by atoms with Crippen LogP contribution in [0, 0.1) is 11.8 Å². The van der Waals surface area contributed by atoms with Crippen LogP contribution in [0.15, 0.2) is 107 Å². The number of fused-ring (bicyclic) bond motifs is 2. The van der Waals surface area contributed by atoms with Crippen LogP contribution >= 0.6 is 21.6 Å². The van der Waals surface area contributed by atoms with Gasteiger partial charge in [-0.2, -0.15) is 0 Å². The summed E-state index contributed by atoms with van der Waals surface area (Å²) in [5, 5.41) is 47.8. The third-order valence-corrected chi connectivity index (χ3v) is 13.7. The highest BCUT2D eigenvalue weighted by Crippen LogP contribution is 2.44. The van der Waals surface area contributed by atoms with Crippen LogP contribution < -0.4 is 15.5 Å². The molecule has 13 nitrogen and oxygen atoms in total. The Bertz CT molecular complexity index is 2350. The number of carbonyl (C=O) groups excluding carboxylic acids is 1. The second-order valence-electron chi connectivity index (χ2n) is 15.2. The summed E-state index contributed by atoms with van der Waals surface area (Å²) < 4.78 is 24.0. The number of H-pyrrole nitrogens is 1. The smallest absolute Gasteiger partial charge is 0.335 e. The number of aldehydes is 1. The van der Waals surface area contributed by atoms with Crippen LogP contribution in [-0.2, 0) is 25.5 Å². The molecule has 4 heterocycles. The Morgan fingerprint density at radius 3 is 2.63 bits per heavy atom. The van der Waals surface area contributed by atoms with Gasteiger partial charge in [-0.15, -0.1) is 0 Å². The molecule has 0 aliphatic carbocycles. The number of β-amino-alcohol motifs (C(OH)–C–C–N with tert-alkyl or cyclic N) is 1. The van der Waals surface area contributed by atoms with E-state index in [4.69, 9.17) is 18.6 Å². The Kier molecular flexibility index (Phi) is 13.6. The van der Waals surface area contributed by atoms with Crippen molar-refractivity contribution in [2.45, 2.75) is 62.3 Å². The van der Waals surface area contributed by atoms with Crippen molar-refractivity contribution in [3.63, 3.8) is 0 Å². The van der Waals surface area contributed by atoms with Gasteiger partial charge in [-0.25, -0.2) is 4.79 Å². The number of phenolic OH excluding ortho intramolecular Hbond substituents is 1. The van der Waals surface area contributed by atoms with E-state index < -0.39 is 42.2 Å². The highest BCUT2D eigenvalue weighted by atomic mass is 33.1. The van der Waals surface area contributed by atoms with E-state index >= 15 is 0 Å². The maximum absolute atomic E-state index is 13.5. The number of rotatable bonds is 11. The Labute approximate surface area is 354 Å². The summed E-state index contributed by atoms with van der Waals surface area (Å²) in [5.74, 6) is -0.918. The number of aliphatic hydroxyl groups is 2. The number of carboxylic acids is 1. The number of carboxylic acid groups (broad SMARTS) is 1. The number of allylic oxidation sites excluding steroid dienone is 1. The van der Waals surface area contributed by atoms with Crippen LogP contribution in [0.4, 0.5) is 0 Å². The van der Waals surface area contributed by atoms with Gasteiger partial charge in [-0.05, 0) is 89.7 Å². The van der Waals surface area contributed by atoms with Crippen molar-refractivity contribution in [1.82, 2.24) is 10.3 Å². The van der Waals surface area contributed by atoms with Gasteiger partial charge in [0.15, 0.2) is 29.0 Å². The number of aliphatic hydroxyl groups excluding tert-OH is 1. The molecule has 2 aliphatic rings. The number of benzene rings is 3. The van der Waals surface area contributed by atoms with E-state index in [1.54, 1.807) is 12.1 Å². The van der Waals surface area contributed by atoms with E-state index in [2.05, 4.69) is 54.5 Å². The zero-order valence-corrected chi connectivity index (χ0v) is 34.7. The van der Waals surface area contributed by atoms with Gasteiger partial charge in [0, 0.05) is 30.8 Å². The molecule has 15 heteroatoms. The zero-order chi connectivity index (χ0) is 42.4. The van der Waals surface area contributed by atoms with Crippen LogP contribution in [0.5, 0.6) is 11.5 Å². The number of carbonyl (C=O) groups is 2. The van der Waals surface area contributed by atoms with E-state index in [-0.39, 0.29) is 63.4 Å². The molecule has 7 rings (SSSR count). The molecule has 6 N–H and O–H groups in total. The molecule has 0 saturated carbocycles. The molecule has 0 bridgehead atoms. The van der Waals surface area contributed by atoms with E-state index in [9.17, 15) is 34.8 Å². The number of phenols is 1. The van der Waals surface area contributed by atoms with E-state index in [1.807, 2.05) is 24.5 Å². The Morgan fingerprint density at radius 1 is 1.10 bits per heavy atom. The number of aliphatic carboxylic acids is 1. The second-order valence-corrected chi connectivity index (χ2v) is 17.6. The number of aryl methyl sites for hydroxylation is 1. The molecule has 2 aromatic heterocycles. The number of aromatic hydroxyl groups is 1. The second kappa shape index (κ2) is 18.8. The number of aromatic amines is 1. The fourth-order valence-electron chi connectivity index (χ4n) is 8.17. The zero-order valence-electron chi connectivity index (χ0n) is 33.1. The van der Waals surface area contributed by atoms with Crippen molar-refractivity contribution in [2.75, 3.05) is 24.8 Å². The van der Waals surface area contributed by atoms with Gasteiger partial charge >= 0.3 is 5.97 Å². The van der Waals surface area contributed by atoms with Gasteiger partial charge in [0.25, 0.3) is 0 Å². The molecule has 316 valence electrons. The fraction of sp³-hybridized carbons (Fsp3) is 0.356. The first-order valence-electron chi connectivity index (χ1n) is 19.7. The molecule has 60 heavy (non-hydrogen) atoms. The Balaban J connectivity index is 1.21. The molecule has 0 amide bonds. The number of aromatic nitrogens is 1. The number of ether oxygens (including phenoxy) is 3. The normalized spacial score (nSPS) is 27.0. The largest absolute Gasteiger partial charge is 0.508 e. The molecule has 0 spiro atoms. The fourth-order valence-corrected chi connectivity index (χ4v) is 10.2. The van der Waals surface area contributed by atoms with Gasteiger partial charge in [-0.1, -0.05) is 84.0 Å². The first kappa shape index (κ1) is 43.2. The van der Waals surface area contributed by atoms with Gasteiger partial charge in [0.2, 0.25) is 6.29 Å². The van der Waals surface area contributed by atoms with Crippen LogP contribution in [0.25, 0.3) is 28.2 Å². The lowest BCUT2D eigenvalue weighted by Gasteiger charge is -2.53. The predicted octanol–water partition coefficient (Wildman–Crippen LogP) is 6.37. The van der Waals surface area contributed by atoms with E-state index in [0.717, 1.165) is 18.4 Å². The lowest BCUT2D eigenvalue weighted by molar-refractivity contribution is -0.340. The minimum atomic E-state index is -2.53. The highest BCUT2D eigenvalue weighted by molar-refractivity contribution is 8.76. The van der Waals surface area contributed by atoms with E-state index in [1.165, 1.54) is 69.3 Å². The van der Waals surface area contributed by atoms with Gasteiger partial charge in [-0.3, -0.25) is 9.59 Å². The lowest BCUT2D eigenvalue weighted by atomic mass is 9.73. The first-order chi connectivity index (χ1) is 29.0. The molecule has 5 aromatic rings. The minimum Gasteiger partial charge on any atom is -0.508 e. The minimum absolute atomic E-state index is 0.00767. The number of hydrogen-bond acceptors (Lipinski definition) is 13. The summed E-state index contributed by atoms with van der Waals surface area (Å²) >= 11 is 0. The molecule has 8 atom stereocenters. The third kappa shape index (κ3) is 8.66. The van der Waals surface area contributed by atoms with Crippen molar-refractivity contribution in [1.29, 1.82) is 0 Å². The lowest BCUT2D eigenvalue weighted by Crippen LogP contribution is -2.80. The van der Waals surface area contributed by atoms with Gasteiger partial charge < -0.3 is 49.4 Å². The molecule has 2 saturated heterocycles. The molecular weight excluding hydrogens is 809 g/mol. The molecule has 0 radical (unpaired) electrons. The van der Waals surface area contributed by atoms with Gasteiger partial charge in [0.05, 0.1) is 10.9 Å². The Morgan fingerprint density at radius 2 is 1.90 bits per heavy atom. The van der Waals surface area contributed by atoms with Crippen LogP contribution in [0.2, 0.25) is 0 Å². The van der Waals surface area contributed by atoms with Crippen molar-refractivity contribution in [3.05, 3.63) is 124 Å². The van der Waals surface area contributed by atoms with Gasteiger partial charge in [0.1, 0.15) is 35.4 Å². The average molecular weight is 857 g/mol. The quantitative estimate of drug-likeness (QED) is 0.0632. The maximum atomic E-state index is 13.5. The first-order valence-corrected chi connectivity index (χ1v) is 22.2. The summed E-state index contributed by atoms with van der Waals surface area (Å²) in [5.41, 5.74) is -0.962. The topological polar surface area (TPSA) is 201 Å². The number of nitrogens with one attached hydrogen (secondary N) is 2. The summed E-state index contributed by atoms with van der Waals surface area (Å²) in [6.45, 7) is 4.24. The van der Waals surface area contributed by atoms with Crippen LogP contribution in [-0.4, -0.2) is 92.1 Å². The van der Waals surface area contributed by atoms with Crippen molar-refractivity contribution < 1.29 is 48.6 Å². The average Bonchev–Trinajstić information content (AvgIpc) is 3.78. The summed E-state index contributed by atoms with van der Waals surface area (Å²) in [4.78, 5) is 42.5. The summed E-state index contributed by atoms with van der Waals surface area (Å²) in [7, 11) is 2.78. The third-order valence-electron chi connectivity index (χ3n) is 11.6. The molecule has 3 aromatic carbocycles. The maximum Gasteiger partial charge on any atom is 0.335 e. The SMILES string of the molecule is CCc1ccccc1C=CCC(C)C1CNCC2(O)C(Oc3ccc4c(=O)c(-c5ccc(O)cc5)coc4c3)OC(C(=O)O)C(O)C2(C=O)OCSSCC1c1cc[nH]c1. The van der Waals surface area contributed by atoms with Crippen LogP contribution in [0.3, 0.4) is 0 Å². The number of hydrogen-bond donors (Lipinski definition) is 6. The molecular formula is C45H48N2O11S2. The van der Waals surface area contributed by atoms with Crippen molar-refractivity contribution in [3.8, 4) is 22.6 Å². The van der Waals surface area contributed by atoms with E-state index in [0.29, 0.717) is 17.9 Å². The predicted molar refractivity (Wildman–Crippen MR) is 231 cm³/mol. The monoisotopic (exact) mass is 856 g/mol. The summed E-state index contributed by atoms with van der Waals surface area (Å²) in [6, 6.07) is 20.7. The van der Waals surface area contributed by atoms with Crippen LogP contribution in [0.1, 0.15) is 42.9 Å². The standard InChI is InChI=1S/C45H48N2O11S2/c1-3-28-8-4-5-9-29(28)10-6-7-27(2)35-21-47-24-44(54)43(57-33-15-16-34-38(19-33)55-22-36(39(34)50)30-11-13-32(49)14-12-30)58-40(42(52)53)41(51)45(44,25-48)56-26-60-59-23-37(35)31-17-18-46-20-31/h4-6,8-20,22,25,27,35,37,40-41,43,46-47,49,51,54H,3,7,21,23-24,26H2,1-2H3,(H,52,53). The molecule has 2 fully saturated rings. The van der Waals surface area contributed by atoms with Crippen molar-refractivity contribution >= 4 is 50.9 Å². The van der Waals surface area contributed by atoms with Crippen molar-refractivity contribution in [2.24, 2.45) is 11.8 Å². The highest BCUT2D eigenvalue weighted by Gasteiger charge is 2.69. The molecule has 8 unspecified atom stereocenters. The Hall–Kier alpha value is -4.87. The summed E-state index contributed by atoms with van der Waals surface area (Å²) in [6.07, 6.45) is 5.32. The molecule has 2 aliphatic heterocycles.